The Kier molecular flexibility index (Phi) is 12.9. The molecular formula is C77H57F3N4. The summed E-state index contributed by atoms with van der Waals surface area (Å²) < 4.78 is 50.5. The first-order valence-corrected chi connectivity index (χ1v) is 28.2. The van der Waals surface area contributed by atoms with Crippen molar-refractivity contribution in [2.75, 3.05) is 0 Å². The lowest BCUT2D eigenvalue weighted by Gasteiger charge is -2.21. The molecule has 0 atom stereocenters. The maximum atomic E-state index is 15.4. The standard InChI is InChI=1S/C77H57F3N4/c1-44-23-45(2)28-59(27-44)54-12-19-72-66(37-54)67-38-55(60-29-46(3)24-47(4)30-60)13-20-73(67)83(72)71-18-10-52(42-81)35-65(71)64-17-11-58(63-16-9-53(43-82)36-70(63)77(78,79)80)41-76(64)84-74-21-14-56(61-31-48(5)25-49(6)32-61)39-68(74)69-40-57(15-22-75(69)84)62-33-50(7)26-51(8)34-62/h9-41H,1-8H3. The average Bonchev–Trinajstić information content (AvgIpc) is 1.67. The Morgan fingerprint density at radius 2 is 0.607 bits per heavy atom. The van der Waals surface area contributed by atoms with Crippen LogP contribution in [0, 0.1) is 78.1 Å². The van der Waals surface area contributed by atoms with E-state index in [1.165, 1.54) is 34.4 Å². The molecule has 4 nitrogen and oxygen atoms in total. The summed E-state index contributed by atoms with van der Waals surface area (Å²) in [5.41, 5.74) is 24.0. The number of benzene rings is 11. The summed E-state index contributed by atoms with van der Waals surface area (Å²) in [5.74, 6) is 0. The van der Waals surface area contributed by atoms with Gasteiger partial charge in [0.2, 0.25) is 0 Å². The number of aromatic nitrogens is 2. The topological polar surface area (TPSA) is 57.4 Å². The monoisotopic (exact) mass is 1090 g/mol. The molecule has 406 valence electrons. The fraction of sp³-hybridized carbons (Fsp3) is 0.117. The van der Waals surface area contributed by atoms with Crippen molar-refractivity contribution >= 4 is 43.6 Å². The highest BCUT2D eigenvalue weighted by Crippen LogP contribution is 2.47. The molecule has 7 heteroatoms. The first kappa shape index (κ1) is 53.1. The predicted molar refractivity (Wildman–Crippen MR) is 340 cm³/mol. The molecule has 0 N–H and O–H groups in total. The maximum absolute atomic E-state index is 15.4. The van der Waals surface area contributed by atoms with Gasteiger partial charge in [-0.15, -0.1) is 0 Å². The third kappa shape index (κ3) is 9.48. The minimum atomic E-state index is -4.77. The third-order valence-electron chi connectivity index (χ3n) is 16.4. The third-order valence-corrected chi connectivity index (χ3v) is 16.4. The number of rotatable bonds is 8. The Morgan fingerprint density at radius 3 is 0.964 bits per heavy atom. The molecule has 0 bridgehead atoms. The maximum Gasteiger partial charge on any atom is 0.417 e. The number of fused-ring (bicyclic) bond motifs is 6. The Morgan fingerprint density at radius 1 is 0.286 bits per heavy atom. The van der Waals surface area contributed by atoms with Crippen molar-refractivity contribution in [3.8, 4) is 90.3 Å². The van der Waals surface area contributed by atoms with Crippen LogP contribution in [0.2, 0.25) is 0 Å². The van der Waals surface area contributed by atoms with Gasteiger partial charge in [-0.2, -0.15) is 23.7 Å². The zero-order valence-electron chi connectivity index (χ0n) is 48.0. The zero-order valence-corrected chi connectivity index (χ0v) is 48.0. The van der Waals surface area contributed by atoms with Gasteiger partial charge in [0.05, 0.1) is 62.3 Å². The summed E-state index contributed by atoms with van der Waals surface area (Å²) in [7, 11) is 0. The first-order chi connectivity index (χ1) is 40.4. The van der Waals surface area contributed by atoms with Crippen molar-refractivity contribution < 1.29 is 13.2 Å². The molecule has 0 saturated heterocycles. The van der Waals surface area contributed by atoms with E-state index in [4.69, 9.17) is 0 Å². The highest BCUT2D eigenvalue weighted by Gasteiger charge is 2.35. The second kappa shape index (κ2) is 20.3. The number of hydrogen-bond donors (Lipinski definition) is 0. The van der Waals surface area contributed by atoms with E-state index in [-0.39, 0.29) is 11.1 Å². The van der Waals surface area contributed by atoms with Crippen LogP contribution in [0.1, 0.15) is 61.2 Å². The van der Waals surface area contributed by atoms with E-state index in [9.17, 15) is 10.5 Å². The Labute approximate surface area is 487 Å². The Hall–Kier alpha value is -10.2. The molecule has 2 heterocycles. The van der Waals surface area contributed by atoms with E-state index in [2.05, 4.69) is 216 Å². The van der Waals surface area contributed by atoms with Crippen molar-refractivity contribution in [1.29, 1.82) is 10.5 Å². The van der Waals surface area contributed by atoms with E-state index in [0.717, 1.165) is 122 Å². The molecule has 0 amide bonds. The normalized spacial score (nSPS) is 11.7. The van der Waals surface area contributed by atoms with Gasteiger partial charge in [0.25, 0.3) is 0 Å². The molecule has 13 aromatic rings. The summed E-state index contributed by atoms with van der Waals surface area (Å²) in [6.07, 6.45) is -4.77. The zero-order chi connectivity index (χ0) is 58.5. The van der Waals surface area contributed by atoms with Crippen LogP contribution in [0.5, 0.6) is 0 Å². The molecule has 0 aliphatic carbocycles. The van der Waals surface area contributed by atoms with Crippen LogP contribution >= 0.6 is 0 Å². The molecule has 13 rings (SSSR count). The minimum absolute atomic E-state index is 0.0584. The predicted octanol–water partition coefficient (Wildman–Crippen LogP) is 21.1. The van der Waals surface area contributed by atoms with Crippen molar-refractivity contribution in [1.82, 2.24) is 9.13 Å². The Balaban J connectivity index is 1.13. The van der Waals surface area contributed by atoms with Gasteiger partial charge in [0.15, 0.2) is 0 Å². The molecule has 2 aromatic heterocycles. The summed E-state index contributed by atoms with van der Waals surface area (Å²) in [5, 5.41) is 24.7. The number of nitrogens with zero attached hydrogens (tertiary/aromatic N) is 4. The van der Waals surface area contributed by atoms with Crippen LogP contribution in [0.15, 0.2) is 200 Å². The number of halogens is 3. The average molecular weight is 1100 g/mol. The quantitative estimate of drug-likeness (QED) is 0.152. The molecule has 0 radical (unpaired) electrons. The summed E-state index contributed by atoms with van der Waals surface area (Å²) >= 11 is 0. The largest absolute Gasteiger partial charge is 0.417 e. The van der Waals surface area contributed by atoms with Gasteiger partial charge in [-0.05, 0) is 196 Å². The molecule has 84 heavy (non-hydrogen) atoms. The lowest BCUT2D eigenvalue weighted by atomic mass is 9.92. The Bertz CT molecular complexity index is 4710. The van der Waals surface area contributed by atoms with Gasteiger partial charge in [-0.25, -0.2) is 0 Å². The fourth-order valence-electron chi connectivity index (χ4n) is 13.1. The SMILES string of the molecule is Cc1cc(C)cc(-c2ccc3c(c2)c2cc(-c4cc(C)cc(C)c4)ccc2n3-c2ccc(C#N)cc2-c2ccc(-c3ccc(C#N)cc3C(F)(F)F)cc2-n2c3ccc(-c4cc(C)cc(C)c4)cc3c3cc(-c4cc(C)cc(C)c4)ccc32)c1. The molecule has 0 unspecified atom stereocenters. The van der Waals surface area contributed by atoms with E-state index >= 15 is 13.2 Å². The number of nitriles is 2. The molecule has 11 aromatic carbocycles. The molecular weight excluding hydrogens is 1040 g/mol. The van der Waals surface area contributed by atoms with Gasteiger partial charge < -0.3 is 9.13 Å². The smallest absolute Gasteiger partial charge is 0.309 e. The van der Waals surface area contributed by atoms with Crippen molar-refractivity contribution in [3.05, 3.63) is 261 Å². The van der Waals surface area contributed by atoms with Crippen LogP contribution < -0.4 is 0 Å². The molecule has 0 aliphatic rings. The van der Waals surface area contributed by atoms with E-state index in [1.807, 2.05) is 36.4 Å². The number of alkyl halides is 3. The summed E-state index contributed by atoms with van der Waals surface area (Å²) in [6.45, 7) is 16.9. The van der Waals surface area contributed by atoms with E-state index < -0.39 is 11.7 Å². The van der Waals surface area contributed by atoms with Crippen LogP contribution in [0.4, 0.5) is 13.2 Å². The van der Waals surface area contributed by atoms with Gasteiger partial charge in [0.1, 0.15) is 0 Å². The number of aryl methyl sites for hydroxylation is 8. The van der Waals surface area contributed by atoms with Gasteiger partial charge in [-0.3, -0.25) is 0 Å². The lowest BCUT2D eigenvalue weighted by molar-refractivity contribution is -0.137. The fourth-order valence-corrected chi connectivity index (χ4v) is 13.1. The summed E-state index contributed by atoms with van der Waals surface area (Å²) in [6, 6.07) is 72.0. The second-order valence-electron chi connectivity index (χ2n) is 23.0. The highest BCUT2D eigenvalue weighted by molar-refractivity contribution is 6.14. The minimum Gasteiger partial charge on any atom is -0.309 e. The highest BCUT2D eigenvalue weighted by atomic mass is 19.4. The van der Waals surface area contributed by atoms with Crippen molar-refractivity contribution in [2.45, 2.75) is 61.6 Å². The van der Waals surface area contributed by atoms with Gasteiger partial charge >= 0.3 is 6.18 Å². The second-order valence-corrected chi connectivity index (χ2v) is 23.0. The van der Waals surface area contributed by atoms with E-state index in [1.54, 1.807) is 6.07 Å². The van der Waals surface area contributed by atoms with Crippen LogP contribution in [0.25, 0.3) is 122 Å². The van der Waals surface area contributed by atoms with Crippen LogP contribution in [-0.4, -0.2) is 9.13 Å². The van der Waals surface area contributed by atoms with Gasteiger partial charge in [0, 0.05) is 32.7 Å². The summed E-state index contributed by atoms with van der Waals surface area (Å²) in [4.78, 5) is 0. The van der Waals surface area contributed by atoms with Crippen molar-refractivity contribution in [2.24, 2.45) is 0 Å². The number of hydrogen-bond acceptors (Lipinski definition) is 2. The molecule has 0 spiro atoms. The lowest BCUT2D eigenvalue weighted by Crippen LogP contribution is -2.08. The molecule has 0 fully saturated rings. The molecule has 0 aliphatic heterocycles. The van der Waals surface area contributed by atoms with E-state index in [0.29, 0.717) is 27.9 Å². The van der Waals surface area contributed by atoms with Crippen LogP contribution in [-0.2, 0) is 6.18 Å². The van der Waals surface area contributed by atoms with Crippen molar-refractivity contribution in [3.63, 3.8) is 0 Å². The van der Waals surface area contributed by atoms with Crippen LogP contribution in [0.3, 0.4) is 0 Å². The molecule has 0 saturated carbocycles. The first-order valence-electron chi connectivity index (χ1n) is 28.2. The van der Waals surface area contributed by atoms with Gasteiger partial charge in [-0.1, -0.05) is 160 Å².